The fourth-order valence-corrected chi connectivity index (χ4v) is 13.3. The fraction of sp³-hybridized carbons (Fsp3) is 0.471. The van der Waals surface area contributed by atoms with Crippen LogP contribution >= 0.6 is 16.8 Å². The second-order valence-electron chi connectivity index (χ2n) is 20.0. The molecule has 398 valence electrons. The van der Waals surface area contributed by atoms with Gasteiger partial charge in [0.25, 0.3) is 0 Å². The van der Waals surface area contributed by atoms with Gasteiger partial charge in [0.1, 0.15) is 23.0 Å². The van der Waals surface area contributed by atoms with Gasteiger partial charge in [-0.1, -0.05) is 182 Å². The Morgan fingerprint density at radius 2 is 0.459 bits per heavy atom. The standard InChI is InChI=1S/C68H92O4P2/c1-13-25-29-61-49(17-5)33-37-53(21-9)65(61)69-73(70-66-54(22-10)38-34-50(18-6)62(66)30-26-14-2)59-45-41-57(42-46-59)58-43-47-60(48-44-58)74(71-67-55(23-11)39-35-51(19-7)63(67)31-27-15-3)72-68-56(24-12)40-36-52(20-8)64(68)32-28-16-4/h33-48H,13-32H2,1-12H3. The molecule has 0 aliphatic carbocycles. The SMILES string of the molecule is CCCCc1c(CC)ccc(CC)c1OP(Oc1c(CC)ccc(CC)c1CCCC)c1ccc(-c2ccc(P(Oc3c(CC)ccc(CC)c3CCCC)Oc3c(CC)ccc(CC)c3CCCC)cc2)cc1. The van der Waals surface area contributed by atoms with E-state index in [9.17, 15) is 0 Å². The molecule has 0 aliphatic heterocycles. The minimum atomic E-state index is -1.55. The monoisotopic (exact) mass is 1030 g/mol. The van der Waals surface area contributed by atoms with E-state index in [4.69, 9.17) is 18.1 Å². The zero-order valence-electron chi connectivity index (χ0n) is 47.9. The van der Waals surface area contributed by atoms with Gasteiger partial charge in [0.15, 0.2) is 0 Å². The lowest BCUT2D eigenvalue weighted by molar-refractivity contribution is 0.484. The van der Waals surface area contributed by atoms with E-state index < -0.39 is 16.8 Å². The van der Waals surface area contributed by atoms with Crippen molar-refractivity contribution in [1.29, 1.82) is 0 Å². The summed E-state index contributed by atoms with van der Waals surface area (Å²) in [5.74, 6) is 4.12. The lowest BCUT2D eigenvalue weighted by Crippen LogP contribution is -2.15. The Labute approximate surface area is 452 Å². The molecule has 0 fully saturated rings. The number of benzene rings is 6. The molecular weight excluding hydrogens is 943 g/mol. The van der Waals surface area contributed by atoms with Gasteiger partial charge in [-0.05, 0) is 205 Å². The predicted octanol–water partition coefficient (Wildman–Crippen LogP) is 19.4. The predicted molar refractivity (Wildman–Crippen MR) is 323 cm³/mol. The molecule has 0 atom stereocenters. The van der Waals surface area contributed by atoms with Crippen molar-refractivity contribution in [3.63, 3.8) is 0 Å². The molecule has 0 aromatic heterocycles. The highest BCUT2D eigenvalue weighted by Gasteiger charge is 2.28. The van der Waals surface area contributed by atoms with Crippen LogP contribution in [0.15, 0.2) is 97.1 Å². The zero-order valence-corrected chi connectivity index (χ0v) is 49.7. The second-order valence-corrected chi connectivity index (χ2v) is 22.8. The number of aryl methyl sites for hydroxylation is 8. The van der Waals surface area contributed by atoms with Gasteiger partial charge < -0.3 is 18.1 Å². The van der Waals surface area contributed by atoms with Crippen LogP contribution in [0.5, 0.6) is 23.0 Å². The van der Waals surface area contributed by atoms with Crippen LogP contribution in [-0.4, -0.2) is 0 Å². The molecule has 0 amide bonds. The molecule has 74 heavy (non-hydrogen) atoms. The molecule has 0 N–H and O–H groups in total. The summed E-state index contributed by atoms with van der Waals surface area (Å²) in [7, 11) is -3.11. The highest BCUT2D eigenvalue weighted by atomic mass is 31.2. The van der Waals surface area contributed by atoms with Crippen molar-refractivity contribution in [3.8, 4) is 34.1 Å². The van der Waals surface area contributed by atoms with Gasteiger partial charge in [-0.2, -0.15) is 0 Å². The number of hydrogen-bond acceptors (Lipinski definition) is 4. The Balaban J connectivity index is 1.45. The van der Waals surface area contributed by atoms with Crippen molar-refractivity contribution in [1.82, 2.24) is 0 Å². The van der Waals surface area contributed by atoms with Gasteiger partial charge in [-0.3, -0.25) is 0 Å². The molecule has 0 spiro atoms. The summed E-state index contributed by atoms with van der Waals surface area (Å²) >= 11 is 0. The Bertz CT molecular complexity index is 2340. The van der Waals surface area contributed by atoms with Gasteiger partial charge in [0.05, 0.1) is 10.6 Å². The lowest BCUT2D eigenvalue weighted by Gasteiger charge is -2.27. The summed E-state index contributed by atoms with van der Waals surface area (Å²) in [5.41, 5.74) is 18.2. The van der Waals surface area contributed by atoms with E-state index in [1.54, 1.807) is 0 Å². The summed E-state index contributed by atoms with van der Waals surface area (Å²) in [6.45, 7) is 27.2. The van der Waals surface area contributed by atoms with Crippen LogP contribution in [-0.2, 0) is 77.0 Å². The van der Waals surface area contributed by atoms with Crippen LogP contribution < -0.4 is 28.7 Å². The van der Waals surface area contributed by atoms with Crippen LogP contribution in [0.1, 0.15) is 201 Å². The molecule has 0 aliphatic rings. The first kappa shape index (κ1) is 58.6. The summed E-state index contributed by atoms with van der Waals surface area (Å²) < 4.78 is 29.8. The molecule has 0 saturated heterocycles. The van der Waals surface area contributed by atoms with Crippen molar-refractivity contribution < 1.29 is 18.1 Å². The van der Waals surface area contributed by atoms with Crippen LogP contribution in [0, 0.1) is 0 Å². The van der Waals surface area contributed by atoms with E-state index in [2.05, 4.69) is 180 Å². The number of rotatable bonds is 31. The molecule has 6 heteroatoms. The molecule has 0 radical (unpaired) electrons. The summed E-state index contributed by atoms with van der Waals surface area (Å²) in [6.07, 6.45) is 20.6. The van der Waals surface area contributed by atoms with Crippen molar-refractivity contribution in [2.24, 2.45) is 0 Å². The third-order valence-corrected chi connectivity index (χ3v) is 17.9. The maximum Gasteiger partial charge on any atom is 0.326 e. The third-order valence-electron chi connectivity index (χ3n) is 15.1. The normalized spacial score (nSPS) is 11.5. The van der Waals surface area contributed by atoms with E-state index in [0.29, 0.717) is 0 Å². The average Bonchev–Trinajstić information content (AvgIpc) is 3.44. The quantitative estimate of drug-likeness (QED) is 0.0407. The largest absolute Gasteiger partial charge is 0.435 e. The topological polar surface area (TPSA) is 36.9 Å². The Kier molecular flexibility index (Phi) is 23.9. The highest BCUT2D eigenvalue weighted by molar-refractivity contribution is 7.57. The average molecular weight is 1040 g/mol. The molecule has 6 aromatic rings. The van der Waals surface area contributed by atoms with Crippen LogP contribution in [0.4, 0.5) is 0 Å². The zero-order chi connectivity index (χ0) is 53.0. The Hall–Kier alpha value is -4.62. The van der Waals surface area contributed by atoms with E-state index in [0.717, 1.165) is 173 Å². The smallest absolute Gasteiger partial charge is 0.326 e. The molecule has 0 unspecified atom stereocenters. The fourth-order valence-electron chi connectivity index (χ4n) is 10.4. The van der Waals surface area contributed by atoms with Gasteiger partial charge in [-0.15, -0.1) is 0 Å². The van der Waals surface area contributed by atoms with Crippen LogP contribution in [0.3, 0.4) is 0 Å². The van der Waals surface area contributed by atoms with Crippen LogP contribution in [0.25, 0.3) is 11.1 Å². The van der Waals surface area contributed by atoms with E-state index >= 15 is 0 Å². The minimum Gasteiger partial charge on any atom is -0.435 e. The number of hydrogen-bond donors (Lipinski definition) is 0. The molecule has 6 rings (SSSR count). The molecule has 0 bridgehead atoms. The van der Waals surface area contributed by atoms with E-state index in [-0.39, 0.29) is 0 Å². The van der Waals surface area contributed by atoms with Gasteiger partial charge in [0, 0.05) is 0 Å². The molecule has 6 aromatic carbocycles. The number of unbranched alkanes of at least 4 members (excludes halogenated alkanes) is 4. The first-order valence-corrected chi connectivity index (χ1v) is 31.6. The molecular formula is C68H92O4P2. The van der Waals surface area contributed by atoms with E-state index in [1.165, 1.54) is 66.8 Å². The first-order valence-electron chi connectivity index (χ1n) is 29.3. The lowest BCUT2D eigenvalue weighted by atomic mass is 9.95. The van der Waals surface area contributed by atoms with Crippen molar-refractivity contribution in [3.05, 3.63) is 164 Å². The maximum absolute atomic E-state index is 7.45. The van der Waals surface area contributed by atoms with Gasteiger partial charge in [-0.25, -0.2) is 0 Å². The summed E-state index contributed by atoms with van der Waals surface area (Å²) in [5, 5.41) is 2.14. The highest BCUT2D eigenvalue weighted by Crippen LogP contribution is 2.49. The third kappa shape index (κ3) is 14.4. The van der Waals surface area contributed by atoms with Crippen molar-refractivity contribution >= 4 is 27.4 Å². The maximum atomic E-state index is 7.45. The van der Waals surface area contributed by atoms with Gasteiger partial charge in [0.2, 0.25) is 0 Å². The van der Waals surface area contributed by atoms with Crippen LogP contribution in [0.2, 0.25) is 0 Å². The second kappa shape index (κ2) is 30.2. The van der Waals surface area contributed by atoms with Gasteiger partial charge >= 0.3 is 16.8 Å². The minimum absolute atomic E-state index is 0.901. The first-order chi connectivity index (χ1) is 36.2. The molecule has 4 nitrogen and oxygen atoms in total. The summed E-state index contributed by atoms with van der Waals surface area (Å²) in [6, 6.07) is 36.6. The summed E-state index contributed by atoms with van der Waals surface area (Å²) in [4.78, 5) is 0. The van der Waals surface area contributed by atoms with E-state index in [1.807, 2.05) is 0 Å². The van der Waals surface area contributed by atoms with Crippen molar-refractivity contribution in [2.45, 2.75) is 212 Å². The molecule has 0 heterocycles. The Morgan fingerprint density at radius 3 is 0.649 bits per heavy atom. The molecule has 0 saturated carbocycles. The van der Waals surface area contributed by atoms with Crippen molar-refractivity contribution in [2.75, 3.05) is 0 Å². The Morgan fingerprint density at radius 1 is 0.257 bits per heavy atom.